The summed E-state index contributed by atoms with van der Waals surface area (Å²) >= 11 is 3.56. The zero-order valence-electron chi connectivity index (χ0n) is 12.5. The van der Waals surface area contributed by atoms with E-state index in [4.69, 9.17) is 0 Å². The summed E-state index contributed by atoms with van der Waals surface area (Å²) in [7, 11) is 0. The number of nitrogens with one attached hydrogen (secondary N) is 1. The fourth-order valence-corrected chi connectivity index (χ4v) is 3.43. The largest absolute Gasteiger partial charge is 0.365 e. The van der Waals surface area contributed by atoms with Gasteiger partial charge < -0.3 is 10.2 Å². The van der Waals surface area contributed by atoms with E-state index >= 15 is 0 Å². The van der Waals surface area contributed by atoms with Crippen molar-refractivity contribution in [3.63, 3.8) is 0 Å². The number of hydrogen-bond donors (Lipinski definition) is 1. The van der Waals surface area contributed by atoms with Gasteiger partial charge in [0.15, 0.2) is 0 Å². The predicted molar refractivity (Wildman–Crippen MR) is 86.8 cm³/mol. The molecule has 0 aliphatic carbocycles. The maximum absolute atomic E-state index is 13.6. The maximum atomic E-state index is 13.6. The van der Waals surface area contributed by atoms with Crippen LogP contribution in [0.4, 0.5) is 10.1 Å². The summed E-state index contributed by atoms with van der Waals surface area (Å²) in [5.74, 6) is 0.500. The molecule has 1 fully saturated rings. The Morgan fingerprint density at radius 3 is 2.85 bits per heavy atom. The van der Waals surface area contributed by atoms with Crippen LogP contribution in [-0.4, -0.2) is 25.2 Å². The van der Waals surface area contributed by atoms with Gasteiger partial charge in [0, 0.05) is 29.6 Å². The molecule has 2 rings (SSSR count). The topological polar surface area (TPSA) is 15.3 Å². The molecular weight excluding hydrogens is 319 g/mol. The first kappa shape index (κ1) is 15.8. The predicted octanol–water partition coefficient (Wildman–Crippen LogP) is 4.19. The molecule has 2 nitrogen and oxygen atoms in total. The number of piperazine rings is 1. The molecule has 2 atom stereocenters. The van der Waals surface area contributed by atoms with Crippen molar-refractivity contribution in [1.29, 1.82) is 0 Å². The lowest BCUT2D eigenvalue weighted by Crippen LogP contribution is -2.57. The summed E-state index contributed by atoms with van der Waals surface area (Å²) in [5.41, 5.74) is 0.979. The van der Waals surface area contributed by atoms with E-state index in [1.807, 2.05) is 0 Å². The van der Waals surface area contributed by atoms with E-state index in [0.29, 0.717) is 18.0 Å². The van der Waals surface area contributed by atoms with Gasteiger partial charge in [-0.3, -0.25) is 0 Å². The Balaban J connectivity index is 2.22. The average Bonchev–Trinajstić information content (AvgIpc) is 2.41. The summed E-state index contributed by atoms with van der Waals surface area (Å²) in [6.45, 7) is 8.59. The number of benzene rings is 1. The van der Waals surface area contributed by atoms with Crippen LogP contribution in [0.3, 0.4) is 0 Å². The van der Waals surface area contributed by atoms with Crippen molar-refractivity contribution in [2.75, 3.05) is 18.0 Å². The second kappa shape index (κ2) is 6.90. The molecule has 1 heterocycles. The zero-order chi connectivity index (χ0) is 14.7. The van der Waals surface area contributed by atoms with Gasteiger partial charge in [-0.05, 0) is 52.9 Å². The molecular formula is C16H24BrFN2. The van der Waals surface area contributed by atoms with E-state index in [-0.39, 0.29) is 5.82 Å². The number of rotatable bonds is 4. The Morgan fingerprint density at radius 2 is 2.20 bits per heavy atom. The number of anilines is 1. The standard InChI is InChI=1S/C16H24BrFN2/c1-4-14-9-19-13(7-11(2)3)10-20(14)16-8-12(18)5-6-15(16)17/h5-6,8,11,13-14,19H,4,7,9-10H2,1-3H3. The van der Waals surface area contributed by atoms with Crippen molar-refractivity contribution < 1.29 is 4.39 Å². The normalized spacial score (nSPS) is 23.4. The fourth-order valence-electron chi connectivity index (χ4n) is 2.96. The number of hydrogen-bond acceptors (Lipinski definition) is 2. The summed E-state index contributed by atoms with van der Waals surface area (Å²) in [5, 5.41) is 3.63. The van der Waals surface area contributed by atoms with Crippen LogP contribution in [0.15, 0.2) is 22.7 Å². The van der Waals surface area contributed by atoms with E-state index in [9.17, 15) is 4.39 Å². The Bertz CT molecular complexity index is 450. The van der Waals surface area contributed by atoms with Crippen LogP contribution in [0.25, 0.3) is 0 Å². The van der Waals surface area contributed by atoms with Crippen molar-refractivity contribution >= 4 is 21.6 Å². The van der Waals surface area contributed by atoms with Crippen LogP contribution in [0.2, 0.25) is 0 Å². The molecule has 0 spiro atoms. The van der Waals surface area contributed by atoms with Gasteiger partial charge in [0.1, 0.15) is 5.82 Å². The summed E-state index contributed by atoms with van der Waals surface area (Å²) < 4.78 is 14.6. The van der Waals surface area contributed by atoms with Crippen molar-refractivity contribution in [3.05, 3.63) is 28.5 Å². The van der Waals surface area contributed by atoms with Gasteiger partial charge in [-0.15, -0.1) is 0 Å². The van der Waals surface area contributed by atoms with Gasteiger partial charge in [-0.1, -0.05) is 20.8 Å². The van der Waals surface area contributed by atoms with Gasteiger partial charge in [0.05, 0.1) is 5.69 Å². The highest BCUT2D eigenvalue weighted by Crippen LogP contribution is 2.31. The molecule has 0 radical (unpaired) electrons. The van der Waals surface area contributed by atoms with Crippen molar-refractivity contribution in [2.45, 2.75) is 45.7 Å². The van der Waals surface area contributed by atoms with E-state index in [2.05, 4.69) is 46.9 Å². The molecule has 1 saturated heterocycles. The van der Waals surface area contributed by atoms with Crippen LogP contribution in [0.5, 0.6) is 0 Å². The molecule has 1 aliphatic heterocycles. The first-order valence-electron chi connectivity index (χ1n) is 7.46. The third-order valence-corrected chi connectivity index (χ3v) is 4.62. The molecule has 0 bridgehead atoms. The van der Waals surface area contributed by atoms with Crippen molar-refractivity contribution in [2.24, 2.45) is 5.92 Å². The van der Waals surface area contributed by atoms with Gasteiger partial charge >= 0.3 is 0 Å². The zero-order valence-corrected chi connectivity index (χ0v) is 14.1. The van der Waals surface area contributed by atoms with E-state index in [1.165, 1.54) is 6.07 Å². The highest BCUT2D eigenvalue weighted by molar-refractivity contribution is 9.10. The third kappa shape index (κ3) is 3.73. The molecule has 2 unspecified atom stereocenters. The highest BCUT2D eigenvalue weighted by Gasteiger charge is 2.28. The van der Waals surface area contributed by atoms with Crippen LogP contribution in [0.1, 0.15) is 33.6 Å². The molecule has 4 heteroatoms. The Morgan fingerprint density at radius 1 is 1.45 bits per heavy atom. The van der Waals surface area contributed by atoms with Crippen molar-refractivity contribution in [3.8, 4) is 0 Å². The summed E-state index contributed by atoms with van der Waals surface area (Å²) in [4.78, 5) is 2.36. The van der Waals surface area contributed by atoms with Crippen LogP contribution >= 0.6 is 15.9 Å². The lowest BCUT2D eigenvalue weighted by Gasteiger charge is -2.42. The molecule has 1 aromatic carbocycles. The average molecular weight is 343 g/mol. The molecule has 112 valence electrons. The molecule has 1 aromatic rings. The second-order valence-electron chi connectivity index (χ2n) is 6.04. The molecule has 0 aromatic heterocycles. The second-order valence-corrected chi connectivity index (χ2v) is 6.90. The van der Waals surface area contributed by atoms with Crippen LogP contribution in [0, 0.1) is 11.7 Å². The molecule has 0 amide bonds. The van der Waals surface area contributed by atoms with E-state index < -0.39 is 0 Å². The van der Waals surface area contributed by atoms with Crippen LogP contribution < -0.4 is 10.2 Å². The van der Waals surface area contributed by atoms with Crippen LogP contribution in [-0.2, 0) is 0 Å². The van der Waals surface area contributed by atoms with E-state index in [0.717, 1.165) is 36.1 Å². The van der Waals surface area contributed by atoms with E-state index in [1.54, 1.807) is 12.1 Å². The molecule has 1 aliphatic rings. The fraction of sp³-hybridized carbons (Fsp3) is 0.625. The molecule has 20 heavy (non-hydrogen) atoms. The Labute approximate surface area is 129 Å². The first-order valence-corrected chi connectivity index (χ1v) is 8.25. The van der Waals surface area contributed by atoms with Gasteiger partial charge in [0.2, 0.25) is 0 Å². The summed E-state index contributed by atoms with van der Waals surface area (Å²) in [6, 6.07) is 5.86. The monoisotopic (exact) mass is 342 g/mol. The Hall–Kier alpha value is -0.610. The number of halogens is 2. The Kier molecular flexibility index (Phi) is 5.44. The SMILES string of the molecule is CCC1CNC(CC(C)C)CN1c1cc(F)ccc1Br. The minimum Gasteiger partial charge on any atom is -0.365 e. The van der Waals surface area contributed by atoms with Crippen molar-refractivity contribution in [1.82, 2.24) is 5.32 Å². The highest BCUT2D eigenvalue weighted by atomic mass is 79.9. The van der Waals surface area contributed by atoms with Gasteiger partial charge in [0.25, 0.3) is 0 Å². The third-order valence-electron chi connectivity index (χ3n) is 3.94. The quantitative estimate of drug-likeness (QED) is 0.882. The maximum Gasteiger partial charge on any atom is 0.125 e. The minimum absolute atomic E-state index is 0.169. The smallest absolute Gasteiger partial charge is 0.125 e. The first-order chi connectivity index (χ1) is 9.51. The van der Waals surface area contributed by atoms with Gasteiger partial charge in [-0.2, -0.15) is 0 Å². The minimum atomic E-state index is -0.169. The van der Waals surface area contributed by atoms with Gasteiger partial charge in [-0.25, -0.2) is 4.39 Å². The summed E-state index contributed by atoms with van der Waals surface area (Å²) in [6.07, 6.45) is 2.21. The molecule has 1 N–H and O–H groups in total. The lowest BCUT2D eigenvalue weighted by molar-refractivity contribution is 0.343. The number of nitrogens with zero attached hydrogens (tertiary/aromatic N) is 1. The molecule has 0 saturated carbocycles. The lowest BCUT2D eigenvalue weighted by atomic mass is 9.98.